The van der Waals surface area contributed by atoms with Crippen LogP contribution in [0.2, 0.25) is 0 Å². The minimum absolute atomic E-state index is 0.829. The van der Waals surface area contributed by atoms with Crippen molar-refractivity contribution in [2.75, 3.05) is 66.0 Å². The van der Waals surface area contributed by atoms with Crippen molar-refractivity contribution in [1.29, 1.82) is 0 Å². The fourth-order valence-electron chi connectivity index (χ4n) is 4.82. The summed E-state index contributed by atoms with van der Waals surface area (Å²) in [5, 5.41) is 3.65. The van der Waals surface area contributed by atoms with Gasteiger partial charge < -0.3 is 20.0 Å². The van der Waals surface area contributed by atoms with E-state index in [9.17, 15) is 0 Å². The van der Waals surface area contributed by atoms with Crippen LogP contribution >= 0.6 is 0 Å². The number of guanidine groups is 1. The molecule has 3 rings (SSSR count). The molecular formula is C20H39N5. The Morgan fingerprint density at radius 3 is 2.36 bits per heavy atom. The van der Waals surface area contributed by atoms with E-state index in [0.717, 1.165) is 24.3 Å². The number of likely N-dealkylation sites (tertiary alicyclic amines) is 3. The number of rotatable bonds is 6. The molecule has 3 saturated heterocycles. The Hall–Kier alpha value is -0.810. The Kier molecular flexibility index (Phi) is 7.41. The quantitative estimate of drug-likeness (QED) is 0.588. The second-order valence-electron chi connectivity index (χ2n) is 8.25. The fraction of sp³-hybridized carbons (Fsp3) is 0.950. The Balaban J connectivity index is 1.34. The molecule has 5 heteroatoms. The molecule has 0 bridgehead atoms. The zero-order chi connectivity index (χ0) is 17.5. The summed E-state index contributed by atoms with van der Waals surface area (Å²) in [6.07, 6.45) is 8.16. The summed E-state index contributed by atoms with van der Waals surface area (Å²) >= 11 is 0. The summed E-state index contributed by atoms with van der Waals surface area (Å²) in [5.41, 5.74) is 0. The van der Waals surface area contributed by atoms with Crippen LogP contribution in [0.4, 0.5) is 0 Å². The van der Waals surface area contributed by atoms with E-state index in [0.29, 0.717) is 0 Å². The Bertz CT molecular complexity index is 410. The van der Waals surface area contributed by atoms with Gasteiger partial charge in [-0.05, 0) is 83.1 Å². The van der Waals surface area contributed by atoms with Gasteiger partial charge in [0.2, 0.25) is 0 Å². The smallest absolute Gasteiger partial charge is 0.193 e. The Morgan fingerprint density at radius 2 is 1.68 bits per heavy atom. The van der Waals surface area contributed by atoms with Crippen molar-refractivity contribution in [1.82, 2.24) is 20.0 Å². The largest absolute Gasteiger partial charge is 0.356 e. The Labute approximate surface area is 154 Å². The number of aliphatic imine (C=N–C) groups is 1. The molecule has 144 valence electrons. The molecule has 3 aliphatic heterocycles. The van der Waals surface area contributed by atoms with Crippen molar-refractivity contribution in [2.24, 2.45) is 16.8 Å². The molecule has 1 atom stereocenters. The lowest BCUT2D eigenvalue weighted by Crippen LogP contribution is -2.42. The van der Waals surface area contributed by atoms with Gasteiger partial charge in [-0.25, -0.2) is 0 Å². The number of nitrogens with one attached hydrogen (secondary N) is 1. The molecular weight excluding hydrogens is 310 g/mol. The van der Waals surface area contributed by atoms with E-state index in [1.807, 2.05) is 7.05 Å². The first-order chi connectivity index (χ1) is 12.3. The molecule has 1 N–H and O–H groups in total. The summed E-state index contributed by atoms with van der Waals surface area (Å²) < 4.78 is 0. The maximum Gasteiger partial charge on any atom is 0.193 e. The highest BCUT2D eigenvalue weighted by Gasteiger charge is 2.27. The number of hydrogen-bond donors (Lipinski definition) is 1. The molecule has 3 aliphatic rings. The summed E-state index contributed by atoms with van der Waals surface area (Å²) in [6, 6.07) is 0. The van der Waals surface area contributed by atoms with Crippen LogP contribution in [0.15, 0.2) is 4.99 Å². The van der Waals surface area contributed by atoms with E-state index in [4.69, 9.17) is 0 Å². The van der Waals surface area contributed by atoms with Gasteiger partial charge in [-0.3, -0.25) is 4.99 Å². The molecule has 1 unspecified atom stereocenters. The van der Waals surface area contributed by atoms with Gasteiger partial charge in [0.1, 0.15) is 0 Å². The Morgan fingerprint density at radius 1 is 0.960 bits per heavy atom. The molecule has 0 aromatic rings. The van der Waals surface area contributed by atoms with Crippen molar-refractivity contribution in [3.05, 3.63) is 0 Å². The first-order valence-corrected chi connectivity index (χ1v) is 10.7. The van der Waals surface area contributed by atoms with Crippen LogP contribution in [0.1, 0.15) is 45.4 Å². The third-order valence-corrected chi connectivity index (χ3v) is 6.50. The van der Waals surface area contributed by atoms with Gasteiger partial charge in [-0.15, -0.1) is 0 Å². The lowest BCUT2D eigenvalue weighted by atomic mass is 9.93. The molecule has 0 radical (unpaired) electrons. The van der Waals surface area contributed by atoms with Crippen molar-refractivity contribution >= 4 is 5.96 Å². The topological polar surface area (TPSA) is 34.1 Å². The maximum absolute atomic E-state index is 4.55. The number of nitrogens with zero attached hydrogens (tertiary/aromatic N) is 4. The van der Waals surface area contributed by atoms with E-state index in [-0.39, 0.29) is 0 Å². The first kappa shape index (κ1) is 19.0. The average Bonchev–Trinajstić information content (AvgIpc) is 3.32. The van der Waals surface area contributed by atoms with E-state index in [1.54, 1.807) is 0 Å². The SMILES string of the molecule is CCN1CCC(CCNC(=NC)N2CCC(CN3CCCC3)C2)CC1. The lowest BCUT2D eigenvalue weighted by Gasteiger charge is -2.31. The molecule has 5 nitrogen and oxygen atoms in total. The van der Waals surface area contributed by atoms with Crippen LogP contribution in [0.25, 0.3) is 0 Å². The van der Waals surface area contributed by atoms with Crippen LogP contribution in [-0.4, -0.2) is 86.6 Å². The fourth-order valence-corrected chi connectivity index (χ4v) is 4.82. The third-order valence-electron chi connectivity index (χ3n) is 6.50. The molecule has 0 saturated carbocycles. The molecule has 0 spiro atoms. The van der Waals surface area contributed by atoms with Crippen LogP contribution in [0.3, 0.4) is 0 Å². The van der Waals surface area contributed by atoms with Crippen LogP contribution in [-0.2, 0) is 0 Å². The molecule has 3 fully saturated rings. The molecule has 0 aromatic carbocycles. The highest BCUT2D eigenvalue weighted by molar-refractivity contribution is 5.80. The zero-order valence-corrected chi connectivity index (χ0v) is 16.6. The highest BCUT2D eigenvalue weighted by Crippen LogP contribution is 2.21. The third kappa shape index (κ3) is 5.58. The molecule has 0 aromatic heterocycles. The molecule has 0 amide bonds. The number of piperidine rings is 1. The minimum atomic E-state index is 0.829. The predicted molar refractivity (Wildman–Crippen MR) is 106 cm³/mol. The van der Waals surface area contributed by atoms with Crippen LogP contribution in [0.5, 0.6) is 0 Å². The van der Waals surface area contributed by atoms with Crippen molar-refractivity contribution in [3.63, 3.8) is 0 Å². The van der Waals surface area contributed by atoms with Gasteiger partial charge in [-0.2, -0.15) is 0 Å². The van der Waals surface area contributed by atoms with Gasteiger partial charge in [0.25, 0.3) is 0 Å². The second kappa shape index (κ2) is 9.77. The van der Waals surface area contributed by atoms with Crippen molar-refractivity contribution in [3.8, 4) is 0 Å². The summed E-state index contributed by atoms with van der Waals surface area (Å²) in [4.78, 5) is 12.3. The van der Waals surface area contributed by atoms with Gasteiger partial charge in [0.15, 0.2) is 5.96 Å². The predicted octanol–water partition coefficient (Wildman–Crippen LogP) is 2.10. The standard InChI is InChI=1S/C20H39N5/c1-3-23-13-7-18(8-14-23)6-10-22-20(21-2)25-15-9-19(17-25)16-24-11-4-5-12-24/h18-19H,3-17H2,1-2H3,(H,21,22). The van der Waals surface area contributed by atoms with E-state index < -0.39 is 0 Å². The molecule has 0 aliphatic carbocycles. The van der Waals surface area contributed by atoms with Crippen LogP contribution < -0.4 is 5.32 Å². The minimum Gasteiger partial charge on any atom is -0.356 e. The van der Waals surface area contributed by atoms with Crippen LogP contribution in [0, 0.1) is 11.8 Å². The normalized spacial score (nSPS) is 27.4. The molecule has 25 heavy (non-hydrogen) atoms. The number of hydrogen-bond acceptors (Lipinski definition) is 3. The highest BCUT2D eigenvalue weighted by atomic mass is 15.3. The van der Waals surface area contributed by atoms with Crippen molar-refractivity contribution in [2.45, 2.75) is 45.4 Å². The van der Waals surface area contributed by atoms with Gasteiger partial charge in [-0.1, -0.05) is 6.92 Å². The van der Waals surface area contributed by atoms with Gasteiger partial charge in [0, 0.05) is 33.2 Å². The summed E-state index contributed by atoms with van der Waals surface area (Å²) in [5.74, 6) is 2.86. The first-order valence-electron chi connectivity index (χ1n) is 10.7. The van der Waals surface area contributed by atoms with Gasteiger partial charge in [0.05, 0.1) is 0 Å². The van der Waals surface area contributed by atoms with E-state index in [2.05, 4.69) is 31.9 Å². The van der Waals surface area contributed by atoms with Gasteiger partial charge >= 0.3 is 0 Å². The molecule has 3 heterocycles. The van der Waals surface area contributed by atoms with Crippen molar-refractivity contribution < 1.29 is 0 Å². The average molecular weight is 350 g/mol. The summed E-state index contributed by atoms with van der Waals surface area (Å²) in [6.45, 7) is 13.4. The zero-order valence-electron chi connectivity index (χ0n) is 16.6. The maximum atomic E-state index is 4.55. The van der Waals surface area contributed by atoms with E-state index >= 15 is 0 Å². The second-order valence-corrected chi connectivity index (χ2v) is 8.25. The lowest BCUT2D eigenvalue weighted by molar-refractivity contribution is 0.187. The van der Waals surface area contributed by atoms with E-state index in [1.165, 1.54) is 90.9 Å². The monoisotopic (exact) mass is 349 g/mol. The summed E-state index contributed by atoms with van der Waals surface area (Å²) in [7, 11) is 1.94.